The van der Waals surface area contributed by atoms with Crippen molar-refractivity contribution in [1.29, 1.82) is 0 Å². The molecule has 1 fully saturated rings. The van der Waals surface area contributed by atoms with E-state index in [4.69, 9.17) is 18.9 Å². The number of hydrogen-bond donors (Lipinski definition) is 2. The Hall–Kier alpha value is -1.99. The van der Waals surface area contributed by atoms with Crippen molar-refractivity contribution in [2.45, 2.75) is 32.6 Å². The SMILES string of the molecule is COc1cc(CNC(=O)C[NH+]2C[C@H](C)O[C@@H](C)C2)cc(OC)c1OC. The van der Waals surface area contributed by atoms with Gasteiger partial charge in [-0.2, -0.15) is 0 Å². The fourth-order valence-corrected chi connectivity index (χ4v) is 3.26. The van der Waals surface area contributed by atoms with Crippen molar-refractivity contribution >= 4 is 5.91 Å². The number of quaternary nitrogens is 1. The number of nitrogens with one attached hydrogen (secondary N) is 2. The summed E-state index contributed by atoms with van der Waals surface area (Å²) in [5.41, 5.74) is 0.890. The lowest BCUT2D eigenvalue weighted by Gasteiger charge is -2.31. The fraction of sp³-hybridized carbons (Fsp3) is 0.611. The monoisotopic (exact) mass is 353 g/mol. The second-order valence-electron chi connectivity index (χ2n) is 6.40. The average molecular weight is 353 g/mol. The standard InChI is InChI=1S/C18H28N2O5/c1-12-9-20(10-13(2)25-12)11-17(21)19-8-14-6-15(22-3)18(24-5)16(7-14)23-4/h6-7,12-13H,8-11H2,1-5H3,(H,19,21)/p+1/t12-,13-/m0/s1. The molecule has 1 heterocycles. The first kappa shape index (κ1) is 19.3. The summed E-state index contributed by atoms with van der Waals surface area (Å²) >= 11 is 0. The summed E-state index contributed by atoms with van der Waals surface area (Å²) in [6.45, 7) is 6.64. The van der Waals surface area contributed by atoms with Crippen LogP contribution in [0.2, 0.25) is 0 Å². The van der Waals surface area contributed by atoms with Gasteiger partial charge in [-0.05, 0) is 31.5 Å². The van der Waals surface area contributed by atoms with Crippen molar-refractivity contribution in [2.24, 2.45) is 0 Å². The Morgan fingerprint density at radius 3 is 2.16 bits per heavy atom. The maximum Gasteiger partial charge on any atom is 0.275 e. The summed E-state index contributed by atoms with van der Waals surface area (Å²) in [5.74, 6) is 1.71. The zero-order valence-electron chi connectivity index (χ0n) is 15.7. The van der Waals surface area contributed by atoms with Gasteiger partial charge in [0, 0.05) is 6.54 Å². The maximum absolute atomic E-state index is 12.3. The number of carbonyl (C=O) groups excluding carboxylic acids is 1. The van der Waals surface area contributed by atoms with Crippen molar-refractivity contribution in [2.75, 3.05) is 41.0 Å². The maximum atomic E-state index is 12.3. The van der Waals surface area contributed by atoms with E-state index in [-0.39, 0.29) is 18.1 Å². The minimum Gasteiger partial charge on any atom is -0.493 e. The lowest BCUT2D eigenvalue weighted by molar-refractivity contribution is -0.907. The number of amides is 1. The molecular weight excluding hydrogens is 324 g/mol. The topological polar surface area (TPSA) is 70.5 Å². The largest absolute Gasteiger partial charge is 0.493 e. The smallest absolute Gasteiger partial charge is 0.275 e. The first-order valence-corrected chi connectivity index (χ1v) is 8.51. The first-order valence-electron chi connectivity index (χ1n) is 8.51. The van der Waals surface area contributed by atoms with Gasteiger partial charge >= 0.3 is 0 Å². The zero-order valence-corrected chi connectivity index (χ0v) is 15.7. The molecule has 0 unspecified atom stereocenters. The van der Waals surface area contributed by atoms with E-state index < -0.39 is 0 Å². The molecule has 0 saturated carbocycles. The van der Waals surface area contributed by atoms with Crippen molar-refractivity contribution in [3.63, 3.8) is 0 Å². The molecule has 0 bridgehead atoms. The summed E-state index contributed by atoms with van der Waals surface area (Å²) in [7, 11) is 4.71. The molecule has 7 nitrogen and oxygen atoms in total. The van der Waals surface area contributed by atoms with E-state index in [0.717, 1.165) is 18.7 Å². The molecule has 2 rings (SSSR count). The molecule has 140 valence electrons. The fourth-order valence-electron chi connectivity index (χ4n) is 3.26. The van der Waals surface area contributed by atoms with Crippen LogP contribution in [0.1, 0.15) is 19.4 Å². The molecule has 1 aliphatic heterocycles. The predicted octanol–water partition coefficient (Wildman–Crippen LogP) is 0.0207. The predicted molar refractivity (Wildman–Crippen MR) is 93.5 cm³/mol. The van der Waals surface area contributed by atoms with Crippen LogP contribution in [0, 0.1) is 0 Å². The van der Waals surface area contributed by atoms with Crippen LogP contribution in [-0.2, 0) is 16.1 Å². The number of methoxy groups -OCH3 is 3. The molecule has 0 aliphatic carbocycles. The molecule has 1 aromatic carbocycles. The minimum absolute atomic E-state index is 0.0186. The zero-order chi connectivity index (χ0) is 18.4. The van der Waals surface area contributed by atoms with E-state index in [1.54, 1.807) is 21.3 Å². The summed E-state index contributed by atoms with van der Waals surface area (Å²) in [6, 6.07) is 3.68. The van der Waals surface area contributed by atoms with Crippen LogP contribution in [0.25, 0.3) is 0 Å². The Morgan fingerprint density at radius 2 is 1.68 bits per heavy atom. The van der Waals surface area contributed by atoms with Gasteiger partial charge in [0.1, 0.15) is 25.3 Å². The van der Waals surface area contributed by atoms with Gasteiger partial charge < -0.3 is 29.2 Å². The lowest BCUT2D eigenvalue weighted by Crippen LogP contribution is -3.16. The van der Waals surface area contributed by atoms with Crippen molar-refractivity contribution in [3.05, 3.63) is 17.7 Å². The molecule has 25 heavy (non-hydrogen) atoms. The average Bonchev–Trinajstić information content (AvgIpc) is 2.57. The van der Waals surface area contributed by atoms with Crippen molar-refractivity contribution in [1.82, 2.24) is 5.32 Å². The van der Waals surface area contributed by atoms with Gasteiger partial charge in [0.15, 0.2) is 18.0 Å². The normalized spacial score (nSPS) is 23.0. The third-order valence-corrected chi connectivity index (χ3v) is 4.24. The Bertz CT molecular complexity index is 558. The first-order chi connectivity index (χ1) is 12.0. The Labute approximate surface area is 149 Å². The Kier molecular flexibility index (Phi) is 6.90. The van der Waals surface area contributed by atoms with E-state index in [1.165, 1.54) is 4.90 Å². The third-order valence-electron chi connectivity index (χ3n) is 4.24. The number of ether oxygens (including phenoxy) is 4. The van der Waals surface area contributed by atoms with Crippen LogP contribution in [0.15, 0.2) is 12.1 Å². The van der Waals surface area contributed by atoms with Gasteiger partial charge in [-0.1, -0.05) is 0 Å². The molecule has 2 atom stereocenters. The van der Waals surface area contributed by atoms with E-state index in [2.05, 4.69) is 5.32 Å². The summed E-state index contributed by atoms with van der Waals surface area (Å²) in [4.78, 5) is 13.5. The summed E-state index contributed by atoms with van der Waals surface area (Å²) in [5, 5.41) is 2.96. The van der Waals surface area contributed by atoms with Crippen LogP contribution in [0.4, 0.5) is 0 Å². The van der Waals surface area contributed by atoms with Gasteiger partial charge in [-0.3, -0.25) is 4.79 Å². The van der Waals surface area contributed by atoms with Gasteiger partial charge in [-0.25, -0.2) is 0 Å². The molecular formula is C18H29N2O5+. The molecule has 1 aromatic rings. The van der Waals surface area contributed by atoms with Gasteiger partial charge in [0.05, 0.1) is 21.3 Å². The molecule has 1 saturated heterocycles. The van der Waals surface area contributed by atoms with Gasteiger partial charge in [0.2, 0.25) is 5.75 Å². The van der Waals surface area contributed by atoms with Crippen LogP contribution in [0.5, 0.6) is 17.2 Å². The van der Waals surface area contributed by atoms with E-state index in [9.17, 15) is 4.79 Å². The molecule has 0 radical (unpaired) electrons. The second-order valence-corrected chi connectivity index (χ2v) is 6.40. The van der Waals surface area contributed by atoms with Crippen LogP contribution >= 0.6 is 0 Å². The summed E-state index contributed by atoms with van der Waals surface area (Å²) in [6.07, 6.45) is 0.364. The Balaban J connectivity index is 1.95. The number of hydrogen-bond acceptors (Lipinski definition) is 5. The summed E-state index contributed by atoms with van der Waals surface area (Å²) < 4.78 is 21.7. The van der Waals surface area contributed by atoms with Gasteiger partial charge in [-0.15, -0.1) is 0 Å². The van der Waals surface area contributed by atoms with Crippen molar-refractivity contribution in [3.8, 4) is 17.2 Å². The molecule has 0 aromatic heterocycles. The number of carbonyl (C=O) groups is 1. The highest BCUT2D eigenvalue weighted by Gasteiger charge is 2.27. The molecule has 7 heteroatoms. The minimum atomic E-state index is 0.0186. The quantitative estimate of drug-likeness (QED) is 0.723. The third kappa shape index (κ3) is 5.24. The second kappa shape index (κ2) is 8.92. The highest BCUT2D eigenvalue weighted by Crippen LogP contribution is 2.38. The van der Waals surface area contributed by atoms with Gasteiger partial charge in [0.25, 0.3) is 5.91 Å². The Morgan fingerprint density at radius 1 is 1.12 bits per heavy atom. The molecule has 1 aliphatic rings. The number of rotatable bonds is 7. The highest BCUT2D eigenvalue weighted by molar-refractivity contribution is 5.76. The van der Waals surface area contributed by atoms with Crippen LogP contribution in [-0.4, -0.2) is 59.1 Å². The van der Waals surface area contributed by atoms with E-state index >= 15 is 0 Å². The molecule has 1 amide bonds. The van der Waals surface area contributed by atoms with E-state index in [0.29, 0.717) is 30.3 Å². The van der Waals surface area contributed by atoms with Crippen LogP contribution < -0.4 is 24.4 Å². The lowest BCUT2D eigenvalue weighted by atomic mass is 10.1. The van der Waals surface area contributed by atoms with E-state index in [1.807, 2.05) is 26.0 Å². The van der Waals surface area contributed by atoms with Crippen LogP contribution in [0.3, 0.4) is 0 Å². The number of benzene rings is 1. The highest BCUT2D eigenvalue weighted by atomic mass is 16.5. The molecule has 2 N–H and O–H groups in total. The number of morpholine rings is 1. The molecule has 0 spiro atoms. The van der Waals surface area contributed by atoms with Crippen molar-refractivity contribution < 1.29 is 28.6 Å².